The molecule has 0 radical (unpaired) electrons. The van der Waals surface area contributed by atoms with Crippen LogP contribution in [0.3, 0.4) is 0 Å². The molecule has 0 aromatic carbocycles. The van der Waals surface area contributed by atoms with Crippen LogP contribution in [0.5, 0.6) is 0 Å². The number of likely N-dealkylation sites (tertiary alicyclic amines) is 1. The molecule has 25 heavy (non-hydrogen) atoms. The summed E-state index contributed by atoms with van der Waals surface area (Å²) in [4.78, 5) is 14.8. The first-order valence-corrected chi connectivity index (χ1v) is 9.98. The summed E-state index contributed by atoms with van der Waals surface area (Å²) < 4.78 is 2.07. The molecule has 1 aromatic rings. The van der Waals surface area contributed by atoms with Crippen molar-refractivity contribution in [2.75, 3.05) is 19.6 Å². The normalized spacial score (nSPS) is 19.0. The van der Waals surface area contributed by atoms with Gasteiger partial charge < -0.3 is 10.2 Å². The number of amides is 1. The lowest BCUT2D eigenvalue weighted by atomic mass is 10.0. The van der Waals surface area contributed by atoms with Crippen LogP contribution < -0.4 is 5.32 Å². The number of carbonyl (C=O) groups is 1. The van der Waals surface area contributed by atoms with Crippen molar-refractivity contribution in [2.45, 2.75) is 72.4 Å². The van der Waals surface area contributed by atoms with Crippen LogP contribution in [0.1, 0.15) is 56.5 Å². The molecule has 1 amide bonds. The van der Waals surface area contributed by atoms with Crippen LogP contribution in [-0.2, 0) is 17.8 Å². The average molecular weight is 347 g/mol. The standard InChI is InChI=1S/C20H34N4O/c1-14(2)13-24-16(4)19(15(3)22-24)11-20(25)23-9-7-18(8-10-23)21-12-17-5-6-17/h14,17-18,21H,5-13H2,1-4H3. The molecular weight excluding hydrogens is 312 g/mol. The summed E-state index contributed by atoms with van der Waals surface area (Å²) >= 11 is 0. The fraction of sp³-hybridized carbons (Fsp3) is 0.800. The van der Waals surface area contributed by atoms with Crippen molar-refractivity contribution < 1.29 is 4.79 Å². The predicted octanol–water partition coefficient (Wildman–Crippen LogP) is 2.69. The molecule has 2 fully saturated rings. The van der Waals surface area contributed by atoms with Crippen molar-refractivity contribution >= 4 is 5.91 Å². The molecule has 0 bridgehead atoms. The van der Waals surface area contributed by atoms with Gasteiger partial charge in [0.1, 0.15) is 0 Å². The van der Waals surface area contributed by atoms with Gasteiger partial charge in [0, 0.05) is 36.9 Å². The van der Waals surface area contributed by atoms with Crippen LogP contribution in [0.15, 0.2) is 0 Å². The maximum atomic E-state index is 12.8. The van der Waals surface area contributed by atoms with Gasteiger partial charge in [-0.05, 0) is 57.9 Å². The van der Waals surface area contributed by atoms with E-state index in [1.165, 1.54) is 19.4 Å². The summed E-state index contributed by atoms with van der Waals surface area (Å²) in [5.41, 5.74) is 3.28. The van der Waals surface area contributed by atoms with Crippen LogP contribution in [0, 0.1) is 25.7 Å². The van der Waals surface area contributed by atoms with E-state index in [0.717, 1.165) is 55.3 Å². The number of nitrogens with zero attached hydrogens (tertiary/aromatic N) is 3. The molecule has 0 unspecified atom stereocenters. The molecule has 1 aromatic heterocycles. The highest BCUT2D eigenvalue weighted by Crippen LogP contribution is 2.28. The van der Waals surface area contributed by atoms with Gasteiger partial charge >= 0.3 is 0 Å². The Bertz CT molecular complexity index is 595. The van der Waals surface area contributed by atoms with Crippen molar-refractivity contribution in [2.24, 2.45) is 11.8 Å². The summed E-state index contributed by atoms with van der Waals surface area (Å²) in [6.45, 7) is 12.4. The highest BCUT2D eigenvalue weighted by molar-refractivity contribution is 5.79. The van der Waals surface area contributed by atoms with Crippen LogP contribution in [0.2, 0.25) is 0 Å². The number of carbonyl (C=O) groups excluding carboxylic acids is 1. The number of rotatable bonds is 7. The van der Waals surface area contributed by atoms with Gasteiger partial charge in [-0.15, -0.1) is 0 Å². The van der Waals surface area contributed by atoms with Gasteiger partial charge in [-0.25, -0.2) is 0 Å². The third kappa shape index (κ3) is 4.84. The Hall–Kier alpha value is -1.36. The van der Waals surface area contributed by atoms with Crippen molar-refractivity contribution in [3.05, 3.63) is 17.0 Å². The quantitative estimate of drug-likeness (QED) is 0.826. The first-order chi connectivity index (χ1) is 11.9. The first-order valence-electron chi connectivity index (χ1n) is 9.98. The largest absolute Gasteiger partial charge is 0.342 e. The first kappa shape index (κ1) is 18.4. The predicted molar refractivity (Wildman–Crippen MR) is 101 cm³/mol. The Morgan fingerprint density at radius 3 is 2.48 bits per heavy atom. The van der Waals surface area contributed by atoms with E-state index in [1.807, 2.05) is 11.8 Å². The third-order valence-corrected chi connectivity index (χ3v) is 5.64. The Labute approximate surface area is 152 Å². The van der Waals surface area contributed by atoms with Gasteiger partial charge in [0.05, 0.1) is 12.1 Å². The molecule has 5 heteroatoms. The summed E-state index contributed by atoms with van der Waals surface area (Å²) in [5, 5.41) is 8.32. The lowest BCUT2D eigenvalue weighted by molar-refractivity contribution is -0.131. The van der Waals surface area contributed by atoms with Gasteiger partial charge in [0.2, 0.25) is 5.91 Å². The number of hydrogen-bond donors (Lipinski definition) is 1. The molecule has 0 spiro atoms. The number of hydrogen-bond acceptors (Lipinski definition) is 3. The van der Waals surface area contributed by atoms with E-state index in [0.29, 0.717) is 18.4 Å². The summed E-state index contributed by atoms with van der Waals surface area (Å²) in [6.07, 6.45) is 5.46. The van der Waals surface area contributed by atoms with E-state index in [2.05, 4.69) is 35.9 Å². The lowest BCUT2D eigenvalue weighted by Gasteiger charge is -2.32. The molecule has 1 saturated carbocycles. The number of nitrogens with one attached hydrogen (secondary N) is 1. The van der Waals surface area contributed by atoms with E-state index in [4.69, 9.17) is 0 Å². The number of aryl methyl sites for hydroxylation is 1. The summed E-state index contributed by atoms with van der Waals surface area (Å²) in [5.74, 6) is 1.74. The van der Waals surface area contributed by atoms with E-state index in [-0.39, 0.29) is 5.91 Å². The van der Waals surface area contributed by atoms with Gasteiger partial charge in [0.15, 0.2) is 0 Å². The molecule has 2 aliphatic rings. The van der Waals surface area contributed by atoms with E-state index < -0.39 is 0 Å². The zero-order valence-corrected chi connectivity index (χ0v) is 16.3. The minimum absolute atomic E-state index is 0.260. The van der Waals surface area contributed by atoms with Crippen LogP contribution >= 0.6 is 0 Å². The Kier molecular flexibility index (Phi) is 5.82. The van der Waals surface area contributed by atoms with Crippen LogP contribution in [0.25, 0.3) is 0 Å². The molecule has 0 atom stereocenters. The Morgan fingerprint density at radius 1 is 1.20 bits per heavy atom. The highest BCUT2D eigenvalue weighted by Gasteiger charge is 2.26. The van der Waals surface area contributed by atoms with Crippen molar-refractivity contribution in [3.8, 4) is 0 Å². The van der Waals surface area contributed by atoms with E-state index >= 15 is 0 Å². The number of piperidine rings is 1. The van der Waals surface area contributed by atoms with Crippen LogP contribution in [-0.4, -0.2) is 46.3 Å². The third-order valence-electron chi connectivity index (χ3n) is 5.64. The lowest BCUT2D eigenvalue weighted by Crippen LogP contribution is -2.45. The molecule has 1 N–H and O–H groups in total. The molecule has 140 valence electrons. The molecule has 3 rings (SSSR count). The van der Waals surface area contributed by atoms with E-state index in [1.54, 1.807) is 0 Å². The minimum Gasteiger partial charge on any atom is -0.342 e. The Balaban J connectivity index is 1.51. The number of aromatic nitrogens is 2. The smallest absolute Gasteiger partial charge is 0.227 e. The Morgan fingerprint density at radius 2 is 1.88 bits per heavy atom. The highest BCUT2D eigenvalue weighted by atomic mass is 16.2. The molecule has 5 nitrogen and oxygen atoms in total. The van der Waals surface area contributed by atoms with Crippen molar-refractivity contribution in [1.29, 1.82) is 0 Å². The van der Waals surface area contributed by atoms with Crippen molar-refractivity contribution in [1.82, 2.24) is 20.0 Å². The second-order valence-corrected chi connectivity index (χ2v) is 8.41. The monoisotopic (exact) mass is 346 g/mol. The summed E-state index contributed by atoms with van der Waals surface area (Å²) in [7, 11) is 0. The van der Waals surface area contributed by atoms with Gasteiger partial charge in [-0.1, -0.05) is 13.8 Å². The molecule has 1 aliphatic carbocycles. The molecular formula is C20H34N4O. The minimum atomic E-state index is 0.260. The maximum absolute atomic E-state index is 12.8. The molecule has 1 saturated heterocycles. The molecule has 1 aliphatic heterocycles. The summed E-state index contributed by atoms with van der Waals surface area (Å²) in [6, 6.07) is 0.599. The van der Waals surface area contributed by atoms with Gasteiger partial charge in [0.25, 0.3) is 0 Å². The SMILES string of the molecule is Cc1nn(CC(C)C)c(C)c1CC(=O)N1CCC(NCC2CC2)CC1. The zero-order valence-electron chi connectivity index (χ0n) is 16.3. The average Bonchev–Trinajstić information content (AvgIpc) is 3.36. The second-order valence-electron chi connectivity index (χ2n) is 8.41. The van der Waals surface area contributed by atoms with Crippen molar-refractivity contribution in [3.63, 3.8) is 0 Å². The van der Waals surface area contributed by atoms with E-state index in [9.17, 15) is 4.79 Å². The van der Waals surface area contributed by atoms with Crippen LogP contribution in [0.4, 0.5) is 0 Å². The molecule has 2 heterocycles. The second kappa shape index (κ2) is 7.90. The fourth-order valence-corrected chi connectivity index (χ4v) is 3.76. The zero-order chi connectivity index (χ0) is 18.0. The van der Waals surface area contributed by atoms with Gasteiger partial charge in [-0.2, -0.15) is 5.10 Å². The maximum Gasteiger partial charge on any atom is 0.227 e. The van der Waals surface area contributed by atoms with Gasteiger partial charge in [-0.3, -0.25) is 9.48 Å². The fourth-order valence-electron chi connectivity index (χ4n) is 3.76. The topological polar surface area (TPSA) is 50.2 Å².